The van der Waals surface area contributed by atoms with Crippen molar-refractivity contribution in [3.05, 3.63) is 75.8 Å². The Morgan fingerprint density at radius 1 is 1.04 bits per heavy atom. The minimum atomic E-state index is -0.573. The number of ether oxygens (including phenoxy) is 1. The molecule has 5 nitrogen and oxygen atoms in total. The first-order valence-electron chi connectivity index (χ1n) is 10.1. The van der Waals surface area contributed by atoms with E-state index in [-0.39, 0.29) is 11.7 Å². The van der Waals surface area contributed by atoms with E-state index in [2.05, 4.69) is 12.1 Å². The highest BCUT2D eigenvalue weighted by Crippen LogP contribution is 2.66. The molecule has 3 aliphatic rings. The molecule has 0 aliphatic heterocycles. The maximum absolute atomic E-state index is 13.0. The lowest BCUT2D eigenvalue weighted by atomic mass is 9.70. The lowest BCUT2D eigenvalue weighted by Gasteiger charge is -2.42. The summed E-state index contributed by atoms with van der Waals surface area (Å²) in [6, 6.07) is 15.9. The molecule has 5 atom stereocenters. The average molecular weight is 377 g/mol. The molecule has 3 aliphatic carbocycles. The van der Waals surface area contributed by atoms with Gasteiger partial charge in [-0.1, -0.05) is 36.8 Å². The molecule has 5 rings (SSSR count). The number of esters is 1. The van der Waals surface area contributed by atoms with E-state index in [1.165, 1.54) is 43.5 Å². The van der Waals surface area contributed by atoms with Gasteiger partial charge in [-0.25, -0.2) is 4.79 Å². The van der Waals surface area contributed by atoms with Gasteiger partial charge in [-0.3, -0.25) is 10.1 Å². The number of nitrogens with zero attached hydrogens (tertiary/aromatic N) is 1. The molecule has 2 aromatic rings. The van der Waals surface area contributed by atoms with Crippen LogP contribution in [0.25, 0.3) is 0 Å². The number of hydrogen-bond acceptors (Lipinski definition) is 4. The van der Waals surface area contributed by atoms with Crippen LogP contribution < -0.4 is 0 Å². The Morgan fingerprint density at radius 2 is 1.75 bits per heavy atom. The van der Waals surface area contributed by atoms with Crippen LogP contribution in [-0.4, -0.2) is 10.9 Å². The predicted octanol–water partition coefficient (Wildman–Crippen LogP) is 5.10. The topological polar surface area (TPSA) is 69.4 Å². The molecule has 0 heterocycles. The summed E-state index contributed by atoms with van der Waals surface area (Å²) in [5.74, 6) is 2.04. The van der Waals surface area contributed by atoms with Crippen molar-refractivity contribution in [1.82, 2.24) is 0 Å². The molecule has 5 heteroatoms. The summed E-state index contributed by atoms with van der Waals surface area (Å²) < 4.78 is 6.30. The van der Waals surface area contributed by atoms with Crippen LogP contribution in [0.3, 0.4) is 0 Å². The van der Waals surface area contributed by atoms with Gasteiger partial charge in [0.25, 0.3) is 5.69 Å². The van der Waals surface area contributed by atoms with Gasteiger partial charge in [0.1, 0.15) is 5.60 Å². The molecule has 0 saturated heterocycles. The van der Waals surface area contributed by atoms with Crippen molar-refractivity contribution in [2.75, 3.05) is 0 Å². The van der Waals surface area contributed by atoms with E-state index in [0.717, 1.165) is 24.3 Å². The first-order valence-corrected chi connectivity index (χ1v) is 10.1. The largest absolute Gasteiger partial charge is 0.450 e. The number of carbonyl (C=O) groups is 1. The van der Waals surface area contributed by atoms with Gasteiger partial charge >= 0.3 is 5.97 Å². The van der Waals surface area contributed by atoms with Crippen LogP contribution in [0.4, 0.5) is 5.69 Å². The number of non-ortho nitro benzene ring substituents is 1. The Labute approximate surface area is 163 Å². The van der Waals surface area contributed by atoms with Crippen molar-refractivity contribution < 1.29 is 14.5 Å². The minimum Gasteiger partial charge on any atom is -0.450 e. The van der Waals surface area contributed by atoms with Crippen molar-refractivity contribution >= 4 is 11.7 Å². The Hall–Kier alpha value is -2.69. The van der Waals surface area contributed by atoms with Gasteiger partial charge in [-0.15, -0.1) is 0 Å². The zero-order valence-electron chi connectivity index (χ0n) is 15.6. The second-order valence-corrected chi connectivity index (χ2v) is 8.51. The zero-order chi connectivity index (χ0) is 19.3. The SMILES string of the molecule is O=C(O[C@]1(c2ccccc2)C[C@@H]2C[C@@H]1[C@H]1CCC[C@H]21)c1ccc([N+](=O)[O-])cc1. The Kier molecular flexibility index (Phi) is 4.00. The molecule has 0 N–H and O–H groups in total. The van der Waals surface area contributed by atoms with Crippen molar-refractivity contribution in [3.8, 4) is 0 Å². The molecule has 3 fully saturated rings. The lowest BCUT2D eigenvalue weighted by molar-refractivity contribution is -0.384. The Morgan fingerprint density at radius 3 is 2.46 bits per heavy atom. The van der Waals surface area contributed by atoms with E-state index in [9.17, 15) is 14.9 Å². The molecule has 0 spiro atoms. The van der Waals surface area contributed by atoms with Gasteiger partial charge in [0.05, 0.1) is 10.5 Å². The Balaban J connectivity index is 1.48. The third-order valence-corrected chi connectivity index (χ3v) is 7.32. The van der Waals surface area contributed by atoms with Gasteiger partial charge in [-0.05, 0) is 61.1 Å². The quantitative estimate of drug-likeness (QED) is 0.422. The highest BCUT2D eigenvalue weighted by molar-refractivity contribution is 5.90. The maximum atomic E-state index is 13.0. The molecule has 28 heavy (non-hydrogen) atoms. The molecular weight excluding hydrogens is 354 g/mol. The van der Waals surface area contributed by atoms with E-state index in [0.29, 0.717) is 23.3 Å². The summed E-state index contributed by atoms with van der Waals surface area (Å²) in [5, 5.41) is 10.9. The smallest absolute Gasteiger partial charge is 0.339 e. The van der Waals surface area contributed by atoms with Gasteiger partial charge < -0.3 is 4.74 Å². The second kappa shape index (κ2) is 6.43. The van der Waals surface area contributed by atoms with Gasteiger partial charge in [0.2, 0.25) is 0 Å². The standard InChI is InChI=1S/C23H23NO4/c25-22(15-9-11-18(12-10-15)24(26)27)28-23(17-5-2-1-3-6-17)14-16-13-21(23)20-8-4-7-19(16)20/h1-3,5-6,9-12,16,19-21H,4,7-8,13-14H2/t16-,19+,20-,21+,23-/m0/s1. The minimum absolute atomic E-state index is 0.0250. The van der Waals surface area contributed by atoms with Crippen molar-refractivity contribution in [1.29, 1.82) is 0 Å². The summed E-state index contributed by atoms with van der Waals surface area (Å²) in [5.41, 5.74) is 0.855. The van der Waals surface area contributed by atoms with E-state index in [4.69, 9.17) is 4.74 Å². The molecule has 0 radical (unpaired) electrons. The van der Waals surface area contributed by atoms with Crippen LogP contribution in [0.15, 0.2) is 54.6 Å². The molecule has 0 aromatic heterocycles. The number of benzene rings is 2. The van der Waals surface area contributed by atoms with E-state index < -0.39 is 10.5 Å². The number of fused-ring (bicyclic) bond motifs is 5. The summed E-state index contributed by atoms with van der Waals surface area (Å²) in [6.07, 6.45) is 5.85. The summed E-state index contributed by atoms with van der Waals surface area (Å²) >= 11 is 0. The number of nitro groups is 1. The normalized spacial score (nSPS) is 32.9. The van der Waals surface area contributed by atoms with Crippen LogP contribution in [0.5, 0.6) is 0 Å². The highest BCUT2D eigenvalue weighted by atomic mass is 16.6. The monoisotopic (exact) mass is 377 g/mol. The van der Waals surface area contributed by atoms with Crippen molar-refractivity contribution in [2.45, 2.75) is 37.7 Å². The molecule has 0 unspecified atom stereocenters. The molecule has 2 aromatic carbocycles. The van der Waals surface area contributed by atoms with Crippen LogP contribution in [0.2, 0.25) is 0 Å². The lowest BCUT2D eigenvalue weighted by Crippen LogP contribution is -2.43. The van der Waals surface area contributed by atoms with Crippen LogP contribution in [0, 0.1) is 33.8 Å². The summed E-state index contributed by atoms with van der Waals surface area (Å²) in [7, 11) is 0. The number of hydrogen-bond donors (Lipinski definition) is 0. The van der Waals surface area contributed by atoms with Crippen molar-refractivity contribution in [3.63, 3.8) is 0 Å². The predicted molar refractivity (Wildman–Crippen MR) is 104 cm³/mol. The van der Waals surface area contributed by atoms with Crippen molar-refractivity contribution in [2.24, 2.45) is 23.7 Å². The third-order valence-electron chi connectivity index (χ3n) is 7.32. The van der Waals surface area contributed by atoms with Crippen LogP contribution >= 0.6 is 0 Å². The molecule has 3 saturated carbocycles. The van der Waals surface area contributed by atoms with Crippen LogP contribution in [-0.2, 0) is 10.3 Å². The summed E-state index contributed by atoms with van der Waals surface area (Å²) in [4.78, 5) is 23.5. The number of rotatable bonds is 4. The maximum Gasteiger partial charge on any atom is 0.339 e. The van der Waals surface area contributed by atoms with E-state index in [1.54, 1.807) is 0 Å². The van der Waals surface area contributed by atoms with Crippen LogP contribution in [0.1, 0.15) is 48.0 Å². The molecule has 0 amide bonds. The van der Waals surface area contributed by atoms with E-state index in [1.807, 2.05) is 18.2 Å². The Bertz CT molecular complexity index is 910. The second-order valence-electron chi connectivity index (χ2n) is 8.51. The van der Waals surface area contributed by atoms with Gasteiger partial charge in [0, 0.05) is 18.1 Å². The first-order chi connectivity index (χ1) is 13.6. The first kappa shape index (κ1) is 17.4. The number of nitro benzene ring substituents is 1. The molecular formula is C23H23NO4. The van der Waals surface area contributed by atoms with E-state index >= 15 is 0 Å². The zero-order valence-corrected chi connectivity index (χ0v) is 15.6. The fourth-order valence-electron chi connectivity index (χ4n) is 6.26. The summed E-state index contributed by atoms with van der Waals surface area (Å²) in [6.45, 7) is 0. The van der Waals surface area contributed by atoms with Gasteiger partial charge in [-0.2, -0.15) is 0 Å². The fourth-order valence-corrected chi connectivity index (χ4v) is 6.26. The molecule has 2 bridgehead atoms. The number of carbonyl (C=O) groups excluding carboxylic acids is 1. The average Bonchev–Trinajstić information content (AvgIpc) is 3.41. The highest BCUT2D eigenvalue weighted by Gasteiger charge is 2.63. The van der Waals surface area contributed by atoms with Gasteiger partial charge in [0.15, 0.2) is 0 Å². The fraction of sp³-hybridized carbons (Fsp3) is 0.435. The molecule has 144 valence electrons. The third kappa shape index (κ3) is 2.56.